The molecule has 18 heavy (non-hydrogen) atoms. The van der Waals surface area contributed by atoms with Gasteiger partial charge in [-0.05, 0) is 30.2 Å². The van der Waals surface area contributed by atoms with E-state index in [2.05, 4.69) is 15.3 Å². The van der Waals surface area contributed by atoms with E-state index in [1.807, 2.05) is 31.2 Å². The maximum Gasteiger partial charge on any atom is 0.224 e. The van der Waals surface area contributed by atoms with Crippen LogP contribution in [0.2, 0.25) is 5.28 Å². The van der Waals surface area contributed by atoms with E-state index in [1.54, 1.807) is 12.3 Å². The summed E-state index contributed by atoms with van der Waals surface area (Å²) < 4.78 is 0. The second kappa shape index (κ2) is 5.80. The Kier molecular flexibility index (Phi) is 4.12. The molecule has 1 aromatic carbocycles. The highest BCUT2D eigenvalue weighted by atomic mass is 35.5. The van der Waals surface area contributed by atoms with Crippen LogP contribution in [0.4, 0.5) is 5.82 Å². The fourth-order valence-electron chi connectivity index (χ4n) is 1.63. The van der Waals surface area contributed by atoms with Gasteiger partial charge in [0.2, 0.25) is 5.28 Å². The standard InChI is InChI=1S/C13H14ClN3O/c1-9-3-2-4-10(7-9)11(18)8-16-12-5-6-15-13(14)17-12/h2-7,11,18H,8H2,1H3,(H,15,16,17). The smallest absolute Gasteiger partial charge is 0.224 e. The van der Waals surface area contributed by atoms with Crippen LogP contribution in [-0.2, 0) is 0 Å². The van der Waals surface area contributed by atoms with Gasteiger partial charge in [0, 0.05) is 12.7 Å². The highest BCUT2D eigenvalue weighted by molar-refractivity contribution is 6.28. The van der Waals surface area contributed by atoms with E-state index in [0.29, 0.717) is 12.4 Å². The van der Waals surface area contributed by atoms with Crippen molar-refractivity contribution in [3.63, 3.8) is 0 Å². The number of halogens is 1. The average Bonchev–Trinajstić information content (AvgIpc) is 2.36. The molecule has 2 rings (SSSR count). The minimum atomic E-state index is -0.585. The number of aliphatic hydroxyl groups excluding tert-OH is 1. The molecule has 0 radical (unpaired) electrons. The highest BCUT2D eigenvalue weighted by Crippen LogP contribution is 2.15. The molecule has 0 saturated carbocycles. The van der Waals surface area contributed by atoms with Crippen molar-refractivity contribution in [3.8, 4) is 0 Å². The van der Waals surface area contributed by atoms with E-state index >= 15 is 0 Å². The highest BCUT2D eigenvalue weighted by Gasteiger charge is 2.07. The first-order chi connectivity index (χ1) is 8.65. The van der Waals surface area contributed by atoms with Crippen LogP contribution < -0.4 is 5.32 Å². The molecular formula is C13H14ClN3O. The second-order valence-corrected chi connectivity index (χ2v) is 4.36. The number of aryl methyl sites for hydroxylation is 1. The quantitative estimate of drug-likeness (QED) is 0.833. The molecule has 0 aliphatic heterocycles. The zero-order valence-electron chi connectivity index (χ0n) is 9.97. The summed E-state index contributed by atoms with van der Waals surface area (Å²) in [5.41, 5.74) is 2.00. The molecule has 2 N–H and O–H groups in total. The van der Waals surface area contributed by atoms with Crippen molar-refractivity contribution in [1.82, 2.24) is 9.97 Å². The lowest BCUT2D eigenvalue weighted by Gasteiger charge is -2.13. The summed E-state index contributed by atoms with van der Waals surface area (Å²) in [5, 5.41) is 13.2. The number of nitrogens with zero attached hydrogens (tertiary/aromatic N) is 2. The van der Waals surface area contributed by atoms with Crippen molar-refractivity contribution in [2.24, 2.45) is 0 Å². The third kappa shape index (κ3) is 3.42. The minimum Gasteiger partial charge on any atom is -0.387 e. The molecule has 2 aromatic rings. The van der Waals surface area contributed by atoms with E-state index < -0.39 is 6.10 Å². The molecule has 0 spiro atoms. The van der Waals surface area contributed by atoms with Gasteiger partial charge in [-0.25, -0.2) is 9.97 Å². The molecule has 4 nitrogen and oxygen atoms in total. The molecule has 0 amide bonds. The molecule has 0 aliphatic rings. The van der Waals surface area contributed by atoms with E-state index in [-0.39, 0.29) is 5.28 Å². The molecule has 1 atom stereocenters. The van der Waals surface area contributed by atoms with Gasteiger partial charge in [-0.15, -0.1) is 0 Å². The predicted molar refractivity (Wildman–Crippen MR) is 71.7 cm³/mol. The number of rotatable bonds is 4. The van der Waals surface area contributed by atoms with Gasteiger partial charge in [0.1, 0.15) is 5.82 Å². The van der Waals surface area contributed by atoms with Gasteiger partial charge in [0.25, 0.3) is 0 Å². The Morgan fingerprint density at radius 3 is 2.94 bits per heavy atom. The zero-order chi connectivity index (χ0) is 13.0. The van der Waals surface area contributed by atoms with Crippen LogP contribution in [0, 0.1) is 6.92 Å². The Hall–Kier alpha value is -1.65. The molecule has 0 aliphatic carbocycles. The number of benzene rings is 1. The molecule has 0 bridgehead atoms. The van der Waals surface area contributed by atoms with E-state index in [1.165, 1.54) is 0 Å². The summed E-state index contributed by atoms with van der Waals surface area (Å²) in [6, 6.07) is 9.48. The fourth-order valence-corrected chi connectivity index (χ4v) is 1.78. The second-order valence-electron chi connectivity index (χ2n) is 4.02. The molecule has 1 heterocycles. The molecule has 94 valence electrons. The van der Waals surface area contributed by atoms with Gasteiger partial charge in [-0.2, -0.15) is 0 Å². The van der Waals surface area contributed by atoms with Crippen LogP contribution in [0.25, 0.3) is 0 Å². The van der Waals surface area contributed by atoms with Gasteiger partial charge in [0.15, 0.2) is 0 Å². The first kappa shape index (κ1) is 12.8. The molecule has 0 fully saturated rings. The zero-order valence-corrected chi connectivity index (χ0v) is 10.7. The van der Waals surface area contributed by atoms with Crippen molar-refractivity contribution in [3.05, 3.63) is 52.9 Å². The molecule has 1 aromatic heterocycles. The number of nitrogens with one attached hydrogen (secondary N) is 1. The van der Waals surface area contributed by atoms with E-state index in [0.717, 1.165) is 11.1 Å². The summed E-state index contributed by atoms with van der Waals surface area (Å²) >= 11 is 5.67. The monoisotopic (exact) mass is 263 g/mol. The van der Waals surface area contributed by atoms with Gasteiger partial charge in [0.05, 0.1) is 6.10 Å². The topological polar surface area (TPSA) is 58.0 Å². The van der Waals surface area contributed by atoms with Gasteiger partial charge >= 0.3 is 0 Å². The van der Waals surface area contributed by atoms with Crippen LogP contribution in [0.5, 0.6) is 0 Å². The Balaban J connectivity index is 1.98. The summed E-state index contributed by atoms with van der Waals surface area (Å²) in [7, 11) is 0. The number of anilines is 1. The molecule has 1 unspecified atom stereocenters. The lowest BCUT2D eigenvalue weighted by molar-refractivity contribution is 0.191. The predicted octanol–water partition coefficient (Wildman–Crippen LogP) is 2.58. The summed E-state index contributed by atoms with van der Waals surface area (Å²) in [6.07, 6.45) is 0.982. The van der Waals surface area contributed by atoms with Gasteiger partial charge < -0.3 is 10.4 Å². The van der Waals surface area contributed by atoms with E-state index in [9.17, 15) is 5.11 Å². The van der Waals surface area contributed by atoms with Crippen molar-refractivity contribution >= 4 is 17.4 Å². The Labute approximate surface area is 111 Å². The van der Waals surface area contributed by atoms with Crippen LogP contribution >= 0.6 is 11.6 Å². The van der Waals surface area contributed by atoms with Gasteiger partial charge in [-0.3, -0.25) is 0 Å². The SMILES string of the molecule is Cc1cccc(C(O)CNc2ccnc(Cl)n2)c1. The lowest BCUT2D eigenvalue weighted by atomic mass is 10.1. The molecular weight excluding hydrogens is 250 g/mol. The first-order valence-electron chi connectivity index (χ1n) is 5.62. The van der Waals surface area contributed by atoms with Crippen LogP contribution in [0.1, 0.15) is 17.2 Å². The Morgan fingerprint density at radius 1 is 1.39 bits per heavy atom. The number of hydrogen-bond acceptors (Lipinski definition) is 4. The van der Waals surface area contributed by atoms with Crippen molar-refractivity contribution in [2.45, 2.75) is 13.0 Å². The third-order valence-electron chi connectivity index (χ3n) is 2.53. The molecule has 0 saturated heterocycles. The number of aliphatic hydroxyl groups is 1. The largest absolute Gasteiger partial charge is 0.387 e. The Bertz CT molecular complexity index is 533. The van der Waals surface area contributed by atoms with Gasteiger partial charge in [-0.1, -0.05) is 29.8 Å². The van der Waals surface area contributed by atoms with Crippen molar-refractivity contribution in [2.75, 3.05) is 11.9 Å². The number of hydrogen-bond donors (Lipinski definition) is 2. The maximum atomic E-state index is 10.0. The fraction of sp³-hybridized carbons (Fsp3) is 0.231. The lowest BCUT2D eigenvalue weighted by Crippen LogP contribution is -2.13. The minimum absolute atomic E-state index is 0.185. The first-order valence-corrected chi connectivity index (χ1v) is 6.00. The average molecular weight is 264 g/mol. The third-order valence-corrected chi connectivity index (χ3v) is 2.71. The van der Waals surface area contributed by atoms with Crippen LogP contribution in [0.15, 0.2) is 36.5 Å². The summed E-state index contributed by atoms with van der Waals surface area (Å²) in [4.78, 5) is 7.78. The Morgan fingerprint density at radius 2 is 2.22 bits per heavy atom. The summed E-state index contributed by atoms with van der Waals surface area (Å²) in [5.74, 6) is 0.599. The van der Waals surface area contributed by atoms with Crippen LogP contribution in [-0.4, -0.2) is 21.6 Å². The maximum absolute atomic E-state index is 10.0. The number of aromatic nitrogens is 2. The van der Waals surface area contributed by atoms with Crippen molar-refractivity contribution < 1.29 is 5.11 Å². The van der Waals surface area contributed by atoms with E-state index in [4.69, 9.17) is 11.6 Å². The van der Waals surface area contributed by atoms with Crippen LogP contribution in [0.3, 0.4) is 0 Å². The normalized spacial score (nSPS) is 12.2. The molecule has 5 heteroatoms. The van der Waals surface area contributed by atoms with Crippen molar-refractivity contribution in [1.29, 1.82) is 0 Å². The summed E-state index contributed by atoms with van der Waals surface area (Å²) in [6.45, 7) is 2.37.